The molecular formula is C6H3BrClN3. The van der Waals surface area contributed by atoms with E-state index in [9.17, 15) is 0 Å². The lowest BCUT2D eigenvalue weighted by Crippen LogP contribution is -1.89. The Bertz CT molecular complexity index is 398. The molecule has 0 aromatic carbocycles. The van der Waals surface area contributed by atoms with Gasteiger partial charge in [0.1, 0.15) is 4.60 Å². The second kappa shape index (κ2) is 2.46. The van der Waals surface area contributed by atoms with Gasteiger partial charge in [-0.25, -0.2) is 9.50 Å². The third-order valence-corrected chi connectivity index (χ3v) is 2.03. The van der Waals surface area contributed by atoms with Crippen molar-refractivity contribution in [1.82, 2.24) is 14.6 Å². The molecular weight excluding hydrogens is 229 g/mol. The van der Waals surface area contributed by atoms with Gasteiger partial charge in [-0.05, 0) is 15.9 Å². The van der Waals surface area contributed by atoms with Crippen LogP contribution in [0.5, 0.6) is 0 Å². The fraction of sp³-hybridized carbons (Fsp3) is 0. The van der Waals surface area contributed by atoms with E-state index in [1.807, 2.05) is 0 Å². The van der Waals surface area contributed by atoms with Crippen molar-refractivity contribution in [1.29, 1.82) is 0 Å². The Morgan fingerprint density at radius 1 is 1.45 bits per heavy atom. The van der Waals surface area contributed by atoms with Crippen molar-refractivity contribution in [2.45, 2.75) is 0 Å². The SMILES string of the molecule is Clc1cnn2c(Br)cnc2c1. The average Bonchev–Trinajstić information content (AvgIpc) is 2.32. The minimum Gasteiger partial charge on any atom is -0.234 e. The third kappa shape index (κ3) is 1.12. The summed E-state index contributed by atoms with van der Waals surface area (Å²) in [7, 11) is 0. The first-order valence-electron chi connectivity index (χ1n) is 2.92. The number of hydrogen-bond donors (Lipinski definition) is 0. The van der Waals surface area contributed by atoms with Crippen LogP contribution in [0.15, 0.2) is 23.1 Å². The van der Waals surface area contributed by atoms with E-state index in [1.54, 1.807) is 23.0 Å². The van der Waals surface area contributed by atoms with Crippen molar-refractivity contribution in [2.75, 3.05) is 0 Å². The second-order valence-electron chi connectivity index (χ2n) is 2.02. The molecule has 0 unspecified atom stereocenters. The van der Waals surface area contributed by atoms with Crippen molar-refractivity contribution >= 4 is 33.2 Å². The molecule has 5 heteroatoms. The van der Waals surface area contributed by atoms with Gasteiger partial charge in [0.2, 0.25) is 0 Å². The number of halogens is 2. The molecule has 0 saturated carbocycles. The maximum absolute atomic E-state index is 5.70. The van der Waals surface area contributed by atoms with Gasteiger partial charge in [-0.1, -0.05) is 11.6 Å². The van der Waals surface area contributed by atoms with Gasteiger partial charge in [-0.15, -0.1) is 0 Å². The molecule has 3 nitrogen and oxygen atoms in total. The molecule has 0 amide bonds. The van der Waals surface area contributed by atoms with Crippen LogP contribution in [0.25, 0.3) is 5.65 Å². The highest BCUT2D eigenvalue weighted by Gasteiger charge is 1.99. The molecule has 0 atom stereocenters. The van der Waals surface area contributed by atoms with Crippen LogP contribution in [-0.4, -0.2) is 14.6 Å². The van der Waals surface area contributed by atoms with Gasteiger partial charge in [0, 0.05) is 6.07 Å². The van der Waals surface area contributed by atoms with Gasteiger partial charge in [0.15, 0.2) is 5.65 Å². The first kappa shape index (κ1) is 7.06. The smallest absolute Gasteiger partial charge is 0.156 e. The van der Waals surface area contributed by atoms with Crippen LogP contribution in [-0.2, 0) is 0 Å². The Kier molecular flexibility index (Phi) is 1.58. The fourth-order valence-electron chi connectivity index (χ4n) is 0.824. The molecule has 56 valence electrons. The summed E-state index contributed by atoms with van der Waals surface area (Å²) in [5.41, 5.74) is 0.740. The van der Waals surface area contributed by atoms with Gasteiger partial charge in [0.25, 0.3) is 0 Å². The average molecular weight is 232 g/mol. The summed E-state index contributed by atoms with van der Waals surface area (Å²) in [6.07, 6.45) is 3.25. The van der Waals surface area contributed by atoms with E-state index in [-0.39, 0.29) is 0 Å². The van der Waals surface area contributed by atoms with Gasteiger partial charge in [-0.2, -0.15) is 5.10 Å². The van der Waals surface area contributed by atoms with Crippen LogP contribution in [0.3, 0.4) is 0 Å². The van der Waals surface area contributed by atoms with Crippen LogP contribution >= 0.6 is 27.5 Å². The number of imidazole rings is 1. The summed E-state index contributed by atoms with van der Waals surface area (Å²) in [6.45, 7) is 0. The molecule has 0 aliphatic carbocycles. The molecule has 2 heterocycles. The second-order valence-corrected chi connectivity index (χ2v) is 3.27. The van der Waals surface area contributed by atoms with Gasteiger partial charge in [0.05, 0.1) is 17.4 Å². The Balaban J connectivity index is 2.86. The summed E-state index contributed by atoms with van der Waals surface area (Å²) >= 11 is 8.98. The summed E-state index contributed by atoms with van der Waals surface area (Å²) < 4.78 is 2.48. The quantitative estimate of drug-likeness (QED) is 0.697. The number of fused-ring (bicyclic) bond motifs is 1. The van der Waals surface area contributed by atoms with Crippen LogP contribution in [0.2, 0.25) is 5.02 Å². The monoisotopic (exact) mass is 231 g/mol. The topological polar surface area (TPSA) is 30.2 Å². The van der Waals surface area contributed by atoms with Crippen LogP contribution in [0.4, 0.5) is 0 Å². The van der Waals surface area contributed by atoms with Crippen LogP contribution in [0, 0.1) is 0 Å². The predicted octanol–water partition coefficient (Wildman–Crippen LogP) is 2.15. The molecule has 0 saturated heterocycles. The Hall–Kier alpha value is -0.610. The van der Waals surface area contributed by atoms with E-state index in [4.69, 9.17) is 11.6 Å². The van der Waals surface area contributed by atoms with E-state index < -0.39 is 0 Å². The van der Waals surface area contributed by atoms with Crippen molar-refractivity contribution in [2.24, 2.45) is 0 Å². The van der Waals surface area contributed by atoms with Crippen molar-refractivity contribution in [3.05, 3.63) is 28.1 Å². The molecule has 0 radical (unpaired) electrons. The first-order chi connectivity index (χ1) is 5.27. The normalized spacial score (nSPS) is 10.7. The van der Waals surface area contributed by atoms with E-state index >= 15 is 0 Å². The molecule has 0 aliphatic heterocycles. The highest BCUT2D eigenvalue weighted by molar-refractivity contribution is 9.10. The maximum Gasteiger partial charge on any atom is 0.156 e. The number of rotatable bonds is 0. The lowest BCUT2D eigenvalue weighted by molar-refractivity contribution is 0.916. The summed E-state index contributed by atoms with van der Waals surface area (Å²) in [5, 5.41) is 4.61. The predicted molar refractivity (Wildman–Crippen MR) is 45.7 cm³/mol. The first-order valence-corrected chi connectivity index (χ1v) is 4.09. The van der Waals surface area contributed by atoms with E-state index in [1.165, 1.54) is 0 Å². The van der Waals surface area contributed by atoms with E-state index in [2.05, 4.69) is 26.0 Å². The molecule has 2 aromatic rings. The zero-order valence-corrected chi connectivity index (χ0v) is 7.67. The lowest BCUT2D eigenvalue weighted by atomic mass is 10.6. The number of aromatic nitrogens is 3. The summed E-state index contributed by atoms with van der Waals surface area (Å²) in [4.78, 5) is 4.05. The van der Waals surface area contributed by atoms with Gasteiger partial charge >= 0.3 is 0 Å². The highest BCUT2D eigenvalue weighted by atomic mass is 79.9. The molecule has 0 bridgehead atoms. The maximum atomic E-state index is 5.70. The largest absolute Gasteiger partial charge is 0.234 e. The van der Waals surface area contributed by atoms with Crippen molar-refractivity contribution in [3.63, 3.8) is 0 Å². The third-order valence-electron chi connectivity index (χ3n) is 1.29. The molecule has 0 N–H and O–H groups in total. The fourth-order valence-corrected chi connectivity index (χ4v) is 1.34. The number of nitrogens with zero attached hydrogens (tertiary/aromatic N) is 3. The molecule has 2 aromatic heterocycles. The molecule has 11 heavy (non-hydrogen) atoms. The highest BCUT2D eigenvalue weighted by Crippen LogP contribution is 2.14. The molecule has 0 spiro atoms. The standard InChI is InChI=1S/C6H3BrClN3/c7-5-3-9-6-1-4(8)2-10-11(5)6/h1-3H. The van der Waals surface area contributed by atoms with E-state index in [0.29, 0.717) is 5.02 Å². The minimum absolute atomic E-state index is 0.593. The van der Waals surface area contributed by atoms with Crippen LogP contribution < -0.4 is 0 Å². The lowest BCUT2D eigenvalue weighted by Gasteiger charge is -1.92. The molecule has 0 aliphatic rings. The Labute approximate surface area is 76.1 Å². The van der Waals surface area contributed by atoms with Gasteiger partial charge in [-0.3, -0.25) is 0 Å². The zero-order chi connectivity index (χ0) is 7.84. The van der Waals surface area contributed by atoms with E-state index in [0.717, 1.165) is 10.3 Å². The summed E-state index contributed by atoms with van der Waals surface area (Å²) in [5.74, 6) is 0. The van der Waals surface area contributed by atoms with Crippen molar-refractivity contribution < 1.29 is 0 Å². The molecule has 2 rings (SSSR count). The minimum atomic E-state index is 0.593. The Morgan fingerprint density at radius 3 is 3.09 bits per heavy atom. The van der Waals surface area contributed by atoms with Crippen molar-refractivity contribution in [3.8, 4) is 0 Å². The van der Waals surface area contributed by atoms with Gasteiger partial charge < -0.3 is 0 Å². The number of hydrogen-bond acceptors (Lipinski definition) is 2. The Morgan fingerprint density at radius 2 is 2.27 bits per heavy atom. The van der Waals surface area contributed by atoms with Crippen LogP contribution in [0.1, 0.15) is 0 Å². The molecule has 0 fully saturated rings. The zero-order valence-electron chi connectivity index (χ0n) is 5.33. The summed E-state index contributed by atoms with van der Waals surface area (Å²) in [6, 6.07) is 1.75.